The maximum atomic E-state index is 11.0. The zero-order valence-electron chi connectivity index (χ0n) is 14.4. The third-order valence-electron chi connectivity index (χ3n) is 5.15. The number of nitrogens with zero attached hydrogens (tertiary/aromatic N) is 3. The molecule has 1 atom stereocenters. The van der Waals surface area contributed by atoms with Gasteiger partial charge in [0.15, 0.2) is 5.82 Å². The first-order chi connectivity index (χ1) is 12.1. The van der Waals surface area contributed by atoms with Crippen LogP contribution in [-0.2, 0) is 19.6 Å². The molecule has 134 valence electrons. The lowest BCUT2D eigenvalue weighted by Gasteiger charge is -2.38. The second-order valence-corrected chi connectivity index (χ2v) is 7.51. The standard InChI is InChI=1S/C19H25N3O3/c23-12-15-4-2-14(3-5-15)11-22-9-1-8-19(24,13-22)10-17-20-18(21-25-17)16-6-7-16/h2-5,16,23-24H,1,6-13H2. The molecule has 0 spiro atoms. The van der Waals surface area contributed by atoms with Crippen LogP contribution in [0.5, 0.6) is 0 Å². The van der Waals surface area contributed by atoms with Gasteiger partial charge in [0.1, 0.15) is 0 Å². The molecule has 0 bridgehead atoms. The van der Waals surface area contributed by atoms with E-state index in [0.29, 0.717) is 24.8 Å². The summed E-state index contributed by atoms with van der Waals surface area (Å²) in [6.07, 6.45) is 4.42. The molecule has 2 fully saturated rings. The number of benzene rings is 1. The maximum absolute atomic E-state index is 11.0. The molecule has 2 heterocycles. The summed E-state index contributed by atoms with van der Waals surface area (Å²) in [4.78, 5) is 6.73. The molecule has 6 heteroatoms. The Labute approximate surface area is 147 Å². The second kappa shape index (κ2) is 6.86. The van der Waals surface area contributed by atoms with Crippen LogP contribution in [0.15, 0.2) is 28.8 Å². The number of aliphatic hydroxyl groups excluding tert-OH is 1. The molecule has 1 unspecified atom stereocenters. The fraction of sp³-hybridized carbons (Fsp3) is 0.579. The van der Waals surface area contributed by atoms with Crippen molar-refractivity contribution in [2.45, 2.75) is 56.8 Å². The summed E-state index contributed by atoms with van der Waals surface area (Å²) < 4.78 is 5.35. The van der Waals surface area contributed by atoms with Gasteiger partial charge >= 0.3 is 0 Å². The molecule has 2 N–H and O–H groups in total. The van der Waals surface area contributed by atoms with E-state index in [9.17, 15) is 5.11 Å². The number of aromatic nitrogens is 2. The summed E-state index contributed by atoms with van der Waals surface area (Å²) >= 11 is 0. The van der Waals surface area contributed by atoms with Crippen LogP contribution in [0.3, 0.4) is 0 Å². The normalized spacial score (nSPS) is 24.6. The van der Waals surface area contributed by atoms with Crippen molar-refractivity contribution in [1.82, 2.24) is 15.0 Å². The Bertz CT molecular complexity index is 711. The second-order valence-electron chi connectivity index (χ2n) is 7.51. The molecule has 0 amide bonds. The number of aliphatic hydroxyl groups is 2. The molecule has 1 aliphatic heterocycles. The van der Waals surface area contributed by atoms with E-state index in [0.717, 1.165) is 50.2 Å². The van der Waals surface area contributed by atoms with Gasteiger partial charge in [-0.3, -0.25) is 4.90 Å². The first kappa shape index (κ1) is 16.7. The number of β-amino-alcohol motifs (C(OH)–C–C–N with tert-alkyl or cyclic N) is 1. The van der Waals surface area contributed by atoms with Crippen molar-refractivity contribution in [3.05, 3.63) is 47.1 Å². The highest BCUT2D eigenvalue weighted by Gasteiger charge is 2.36. The first-order valence-electron chi connectivity index (χ1n) is 9.09. The Morgan fingerprint density at radius 1 is 1.20 bits per heavy atom. The molecule has 1 aliphatic carbocycles. The molecule has 0 radical (unpaired) electrons. The zero-order chi connectivity index (χ0) is 17.3. The van der Waals surface area contributed by atoms with Crippen molar-refractivity contribution >= 4 is 0 Å². The van der Waals surface area contributed by atoms with Gasteiger partial charge in [-0.1, -0.05) is 29.4 Å². The molecule has 2 aliphatic rings. The third-order valence-corrected chi connectivity index (χ3v) is 5.15. The van der Waals surface area contributed by atoms with E-state index in [1.165, 1.54) is 5.56 Å². The molecule has 4 rings (SSSR count). The van der Waals surface area contributed by atoms with Gasteiger partial charge in [-0.05, 0) is 43.4 Å². The molecule has 1 aromatic carbocycles. The highest BCUT2D eigenvalue weighted by atomic mass is 16.5. The molecule has 1 saturated heterocycles. The molecular weight excluding hydrogens is 318 g/mol. The van der Waals surface area contributed by atoms with Crippen molar-refractivity contribution in [1.29, 1.82) is 0 Å². The molecule has 25 heavy (non-hydrogen) atoms. The number of hydrogen-bond acceptors (Lipinski definition) is 6. The van der Waals surface area contributed by atoms with Gasteiger partial charge in [0.25, 0.3) is 0 Å². The lowest BCUT2D eigenvalue weighted by Crippen LogP contribution is -2.49. The maximum Gasteiger partial charge on any atom is 0.229 e. The Hall–Kier alpha value is -1.76. The van der Waals surface area contributed by atoms with Crippen LogP contribution >= 0.6 is 0 Å². The van der Waals surface area contributed by atoms with Crippen LogP contribution in [0.25, 0.3) is 0 Å². The monoisotopic (exact) mass is 343 g/mol. The van der Waals surface area contributed by atoms with E-state index in [1.54, 1.807) is 0 Å². The van der Waals surface area contributed by atoms with Gasteiger partial charge in [0, 0.05) is 19.0 Å². The van der Waals surface area contributed by atoms with Crippen LogP contribution < -0.4 is 0 Å². The Morgan fingerprint density at radius 3 is 2.68 bits per heavy atom. The minimum Gasteiger partial charge on any atom is -0.392 e. The van der Waals surface area contributed by atoms with E-state index in [4.69, 9.17) is 9.63 Å². The number of likely N-dealkylation sites (tertiary alicyclic amines) is 1. The molecular formula is C19H25N3O3. The molecule has 1 saturated carbocycles. The van der Waals surface area contributed by atoms with Gasteiger partial charge in [-0.15, -0.1) is 0 Å². The quantitative estimate of drug-likeness (QED) is 0.835. The lowest BCUT2D eigenvalue weighted by atomic mass is 9.89. The zero-order valence-corrected chi connectivity index (χ0v) is 14.4. The topological polar surface area (TPSA) is 82.6 Å². The van der Waals surface area contributed by atoms with Crippen molar-refractivity contribution in [3.8, 4) is 0 Å². The summed E-state index contributed by atoms with van der Waals surface area (Å²) in [5.41, 5.74) is 1.30. The summed E-state index contributed by atoms with van der Waals surface area (Å²) in [5, 5.41) is 24.2. The largest absolute Gasteiger partial charge is 0.392 e. The number of hydrogen-bond donors (Lipinski definition) is 2. The smallest absolute Gasteiger partial charge is 0.229 e. The van der Waals surface area contributed by atoms with Crippen LogP contribution in [0, 0.1) is 0 Å². The lowest BCUT2D eigenvalue weighted by molar-refractivity contribution is -0.0373. The molecule has 6 nitrogen and oxygen atoms in total. The minimum atomic E-state index is -0.809. The predicted octanol–water partition coefficient (Wildman–Crippen LogP) is 2.01. The fourth-order valence-electron chi connectivity index (χ4n) is 3.62. The summed E-state index contributed by atoms with van der Waals surface area (Å²) in [6.45, 7) is 2.44. The molecule has 1 aromatic heterocycles. The Balaban J connectivity index is 1.38. The van der Waals surface area contributed by atoms with Crippen molar-refractivity contribution in [2.24, 2.45) is 0 Å². The van der Waals surface area contributed by atoms with Crippen molar-refractivity contribution in [2.75, 3.05) is 13.1 Å². The highest BCUT2D eigenvalue weighted by Crippen LogP contribution is 2.38. The summed E-state index contributed by atoms with van der Waals surface area (Å²) in [5.74, 6) is 1.82. The minimum absolute atomic E-state index is 0.0662. The van der Waals surface area contributed by atoms with Crippen LogP contribution in [0.1, 0.15) is 54.4 Å². The van der Waals surface area contributed by atoms with Crippen LogP contribution in [-0.4, -0.2) is 43.9 Å². The highest BCUT2D eigenvalue weighted by molar-refractivity contribution is 5.22. The number of piperidine rings is 1. The third kappa shape index (κ3) is 4.08. The van der Waals surface area contributed by atoms with Crippen LogP contribution in [0.4, 0.5) is 0 Å². The Kier molecular flexibility index (Phi) is 4.58. The van der Waals surface area contributed by atoms with Crippen molar-refractivity contribution in [3.63, 3.8) is 0 Å². The number of rotatable bonds is 6. The van der Waals surface area contributed by atoms with Crippen molar-refractivity contribution < 1.29 is 14.7 Å². The summed E-state index contributed by atoms with van der Waals surface area (Å²) in [6, 6.07) is 7.98. The first-order valence-corrected chi connectivity index (χ1v) is 9.09. The van der Waals surface area contributed by atoms with E-state index in [2.05, 4.69) is 15.0 Å². The average Bonchev–Trinajstić information content (AvgIpc) is 3.36. The van der Waals surface area contributed by atoms with E-state index < -0.39 is 5.60 Å². The predicted molar refractivity (Wildman–Crippen MR) is 91.8 cm³/mol. The average molecular weight is 343 g/mol. The van der Waals surface area contributed by atoms with E-state index >= 15 is 0 Å². The molecule has 2 aromatic rings. The van der Waals surface area contributed by atoms with Crippen LogP contribution in [0.2, 0.25) is 0 Å². The van der Waals surface area contributed by atoms with Gasteiger partial charge in [-0.25, -0.2) is 0 Å². The summed E-state index contributed by atoms with van der Waals surface area (Å²) in [7, 11) is 0. The van der Waals surface area contributed by atoms with E-state index in [-0.39, 0.29) is 6.61 Å². The van der Waals surface area contributed by atoms with Gasteiger partial charge < -0.3 is 14.7 Å². The van der Waals surface area contributed by atoms with Gasteiger partial charge in [0.2, 0.25) is 5.89 Å². The Morgan fingerprint density at radius 2 is 1.96 bits per heavy atom. The van der Waals surface area contributed by atoms with E-state index in [1.807, 2.05) is 24.3 Å². The SMILES string of the molecule is OCc1ccc(CN2CCCC(O)(Cc3nc(C4CC4)no3)C2)cc1. The fourth-order valence-corrected chi connectivity index (χ4v) is 3.62. The van der Waals surface area contributed by atoms with Gasteiger partial charge in [-0.2, -0.15) is 4.98 Å². The van der Waals surface area contributed by atoms with Gasteiger partial charge in [0.05, 0.1) is 18.6 Å².